The summed E-state index contributed by atoms with van der Waals surface area (Å²) in [7, 11) is 0. The largest absolute Gasteiger partial charge is 0.399 e. The number of nitrogens with one attached hydrogen (secondary N) is 1. The normalized spacial score (nSPS) is 9.71. The van der Waals surface area contributed by atoms with Gasteiger partial charge in [-0.25, -0.2) is 15.0 Å². The highest BCUT2D eigenvalue weighted by atomic mass is 15.0. The highest BCUT2D eigenvalue weighted by molar-refractivity contribution is 5.57. The zero-order chi connectivity index (χ0) is 9.80. The second-order valence-corrected chi connectivity index (χ2v) is 2.73. The van der Waals surface area contributed by atoms with Crippen molar-refractivity contribution in [3.05, 3.63) is 37.1 Å². The zero-order valence-electron chi connectivity index (χ0n) is 7.38. The standard InChI is InChI=1S/C9H9N5/c10-7-1-2-13-9(3-7)14-8-4-11-6-12-5-8/h1-6H,(H3,10,13,14). The Kier molecular flexibility index (Phi) is 2.22. The Labute approximate surface area is 81.0 Å². The highest BCUT2D eigenvalue weighted by Gasteiger charge is 1.95. The molecular formula is C9H9N5. The first-order valence-electron chi connectivity index (χ1n) is 4.08. The molecule has 0 fully saturated rings. The molecule has 2 heterocycles. The third kappa shape index (κ3) is 1.95. The molecule has 0 unspecified atom stereocenters. The van der Waals surface area contributed by atoms with Crippen LogP contribution in [0.15, 0.2) is 37.1 Å². The molecule has 5 nitrogen and oxygen atoms in total. The summed E-state index contributed by atoms with van der Waals surface area (Å²) in [6.45, 7) is 0. The van der Waals surface area contributed by atoms with Crippen LogP contribution in [0.3, 0.4) is 0 Å². The Morgan fingerprint density at radius 1 is 1.21 bits per heavy atom. The Bertz CT molecular complexity index is 415. The second-order valence-electron chi connectivity index (χ2n) is 2.73. The SMILES string of the molecule is Nc1ccnc(Nc2cncnc2)c1. The van der Waals surface area contributed by atoms with Gasteiger partial charge >= 0.3 is 0 Å². The average Bonchev–Trinajstić information content (AvgIpc) is 2.19. The van der Waals surface area contributed by atoms with E-state index in [0.717, 1.165) is 5.69 Å². The topological polar surface area (TPSA) is 76.7 Å². The fourth-order valence-corrected chi connectivity index (χ4v) is 1.03. The average molecular weight is 187 g/mol. The number of pyridine rings is 1. The predicted octanol–water partition coefficient (Wildman–Crippen LogP) is 1.20. The predicted molar refractivity (Wildman–Crippen MR) is 54.0 cm³/mol. The van der Waals surface area contributed by atoms with Crippen molar-refractivity contribution in [2.45, 2.75) is 0 Å². The second kappa shape index (κ2) is 3.69. The summed E-state index contributed by atoms with van der Waals surface area (Å²) in [5.74, 6) is 0.680. The molecule has 0 spiro atoms. The third-order valence-electron chi connectivity index (χ3n) is 1.62. The van der Waals surface area contributed by atoms with E-state index in [2.05, 4.69) is 20.3 Å². The number of aromatic nitrogens is 3. The van der Waals surface area contributed by atoms with E-state index in [1.807, 2.05) is 0 Å². The third-order valence-corrected chi connectivity index (χ3v) is 1.62. The van der Waals surface area contributed by atoms with Crippen molar-refractivity contribution in [3.63, 3.8) is 0 Å². The minimum Gasteiger partial charge on any atom is -0.399 e. The van der Waals surface area contributed by atoms with Crippen LogP contribution in [-0.2, 0) is 0 Å². The van der Waals surface area contributed by atoms with Crippen LogP contribution < -0.4 is 11.1 Å². The van der Waals surface area contributed by atoms with Crippen LogP contribution in [0.4, 0.5) is 17.2 Å². The van der Waals surface area contributed by atoms with E-state index >= 15 is 0 Å². The van der Waals surface area contributed by atoms with Crippen molar-refractivity contribution in [2.24, 2.45) is 0 Å². The lowest BCUT2D eigenvalue weighted by Gasteiger charge is -2.03. The molecule has 0 aliphatic heterocycles. The van der Waals surface area contributed by atoms with Crippen LogP contribution in [0.25, 0.3) is 0 Å². The van der Waals surface area contributed by atoms with Gasteiger partial charge in [-0.1, -0.05) is 0 Å². The molecule has 2 aromatic rings. The van der Waals surface area contributed by atoms with Gasteiger partial charge in [-0.3, -0.25) is 0 Å². The number of hydrogen-bond acceptors (Lipinski definition) is 5. The van der Waals surface area contributed by atoms with E-state index in [0.29, 0.717) is 11.5 Å². The molecule has 0 aromatic carbocycles. The molecular weight excluding hydrogens is 178 g/mol. The minimum atomic E-state index is 0.666. The number of nitrogens with zero attached hydrogens (tertiary/aromatic N) is 3. The summed E-state index contributed by atoms with van der Waals surface area (Å²) in [5, 5.41) is 3.03. The van der Waals surface area contributed by atoms with Crippen molar-refractivity contribution in [3.8, 4) is 0 Å². The quantitative estimate of drug-likeness (QED) is 0.738. The van der Waals surface area contributed by atoms with Gasteiger partial charge in [0.1, 0.15) is 12.1 Å². The summed E-state index contributed by atoms with van der Waals surface area (Å²) >= 11 is 0. The minimum absolute atomic E-state index is 0.666. The Hall–Kier alpha value is -2.17. The fraction of sp³-hybridized carbons (Fsp3) is 0. The Morgan fingerprint density at radius 3 is 2.71 bits per heavy atom. The molecule has 14 heavy (non-hydrogen) atoms. The molecule has 2 aromatic heterocycles. The van der Waals surface area contributed by atoms with Crippen LogP contribution in [0.2, 0.25) is 0 Å². The molecule has 0 atom stereocenters. The van der Waals surface area contributed by atoms with Crippen molar-refractivity contribution in [2.75, 3.05) is 11.1 Å². The van der Waals surface area contributed by atoms with Crippen LogP contribution in [0, 0.1) is 0 Å². The van der Waals surface area contributed by atoms with E-state index < -0.39 is 0 Å². The molecule has 3 N–H and O–H groups in total. The first-order chi connectivity index (χ1) is 6.84. The Balaban J connectivity index is 2.19. The number of hydrogen-bond donors (Lipinski definition) is 2. The van der Waals surface area contributed by atoms with Gasteiger partial charge in [0, 0.05) is 18.0 Å². The summed E-state index contributed by atoms with van der Waals surface area (Å²) < 4.78 is 0. The highest BCUT2D eigenvalue weighted by Crippen LogP contribution is 2.13. The monoisotopic (exact) mass is 187 g/mol. The van der Waals surface area contributed by atoms with Crippen LogP contribution in [-0.4, -0.2) is 15.0 Å². The molecule has 2 rings (SSSR count). The number of nitrogen functional groups attached to an aromatic ring is 1. The van der Waals surface area contributed by atoms with E-state index in [1.54, 1.807) is 30.7 Å². The molecule has 0 bridgehead atoms. The smallest absolute Gasteiger partial charge is 0.132 e. The molecule has 0 saturated carbocycles. The number of rotatable bonds is 2. The van der Waals surface area contributed by atoms with Crippen LogP contribution in [0.5, 0.6) is 0 Å². The molecule has 5 heteroatoms. The lowest BCUT2D eigenvalue weighted by atomic mass is 10.4. The molecule has 70 valence electrons. The lowest BCUT2D eigenvalue weighted by Crippen LogP contribution is -1.95. The fourth-order valence-electron chi connectivity index (χ4n) is 1.03. The van der Waals surface area contributed by atoms with Crippen molar-refractivity contribution < 1.29 is 0 Å². The van der Waals surface area contributed by atoms with E-state index in [4.69, 9.17) is 5.73 Å². The zero-order valence-corrected chi connectivity index (χ0v) is 7.38. The van der Waals surface area contributed by atoms with Gasteiger partial charge < -0.3 is 11.1 Å². The molecule has 0 aliphatic rings. The lowest BCUT2D eigenvalue weighted by molar-refractivity contribution is 1.16. The summed E-state index contributed by atoms with van der Waals surface area (Å²) in [4.78, 5) is 11.8. The summed E-state index contributed by atoms with van der Waals surface area (Å²) in [6, 6.07) is 3.47. The summed E-state index contributed by atoms with van der Waals surface area (Å²) in [5.41, 5.74) is 7.05. The summed E-state index contributed by atoms with van der Waals surface area (Å²) in [6.07, 6.45) is 6.44. The molecule has 0 saturated heterocycles. The van der Waals surface area contributed by atoms with Crippen LogP contribution >= 0.6 is 0 Å². The van der Waals surface area contributed by atoms with Crippen molar-refractivity contribution in [1.82, 2.24) is 15.0 Å². The van der Waals surface area contributed by atoms with E-state index in [1.165, 1.54) is 6.33 Å². The van der Waals surface area contributed by atoms with Gasteiger partial charge in [0.2, 0.25) is 0 Å². The van der Waals surface area contributed by atoms with E-state index in [9.17, 15) is 0 Å². The maximum atomic E-state index is 5.60. The first-order valence-corrected chi connectivity index (χ1v) is 4.08. The maximum absolute atomic E-state index is 5.60. The van der Waals surface area contributed by atoms with E-state index in [-0.39, 0.29) is 0 Å². The van der Waals surface area contributed by atoms with Crippen molar-refractivity contribution >= 4 is 17.2 Å². The molecule has 0 aliphatic carbocycles. The van der Waals surface area contributed by atoms with Crippen molar-refractivity contribution in [1.29, 1.82) is 0 Å². The van der Waals surface area contributed by atoms with Gasteiger partial charge in [-0.2, -0.15) is 0 Å². The number of anilines is 3. The molecule has 0 amide bonds. The van der Waals surface area contributed by atoms with Gasteiger partial charge in [0.25, 0.3) is 0 Å². The Morgan fingerprint density at radius 2 is 2.00 bits per heavy atom. The van der Waals surface area contributed by atoms with Gasteiger partial charge in [0.15, 0.2) is 0 Å². The van der Waals surface area contributed by atoms with Gasteiger partial charge in [0.05, 0.1) is 18.1 Å². The maximum Gasteiger partial charge on any atom is 0.132 e. The first kappa shape index (κ1) is 8.43. The number of nitrogens with two attached hydrogens (primary N) is 1. The van der Waals surface area contributed by atoms with Gasteiger partial charge in [-0.05, 0) is 6.07 Å². The van der Waals surface area contributed by atoms with Crippen LogP contribution in [0.1, 0.15) is 0 Å². The van der Waals surface area contributed by atoms with Gasteiger partial charge in [-0.15, -0.1) is 0 Å². The molecule has 0 radical (unpaired) electrons.